The molecular weight excluding hydrogens is 229 g/mol. The van der Waals surface area contributed by atoms with Crippen LogP contribution < -0.4 is 11.3 Å². The van der Waals surface area contributed by atoms with E-state index in [0.29, 0.717) is 6.42 Å². The van der Waals surface area contributed by atoms with Crippen molar-refractivity contribution in [3.8, 4) is 0 Å². The first-order valence-electron chi connectivity index (χ1n) is 6.40. The molecule has 0 aromatic heterocycles. The zero-order chi connectivity index (χ0) is 12.9. The normalized spacial score (nSPS) is 22.4. The van der Waals surface area contributed by atoms with Crippen LogP contribution in [0.25, 0.3) is 0 Å². The SMILES string of the molecule is CC1(C(CCCC(F)(F)F)NN)CCCCC1. The molecule has 1 aliphatic carbocycles. The summed E-state index contributed by atoms with van der Waals surface area (Å²) in [5.74, 6) is 5.51. The molecule has 0 bridgehead atoms. The Bertz CT molecular complexity index is 222. The van der Waals surface area contributed by atoms with Gasteiger partial charge in [-0.15, -0.1) is 0 Å². The summed E-state index contributed by atoms with van der Waals surface area (Å²) in [7, 11) is 0. The fraction of sp³-hybridized carbons (Fsp3) is 1.00. The number of halogens is 3. The molecule has 0 amide bonds. The summed E-state index contributed by atoms with van der Waals surface area (Å²) in [4.78, 5) is 0. The molecule has 1 fully saturated rings. The fourth-order valence-corrected chi connectivity index (χ4v) is 2.85. The van der Waals surface area contributed by atoms with Gasteiger partial charge < -0.3 is 0 Å². The molecule has 1 aliphatic rings. The predicted octanol–water partition coefficient (Wildman–Crippen LogP) is 3.52. The molecule has 0 spiro atoms. The van der Waals surface area contributed by atoms with Gasteiger partial charge in [-0.2, -0.15) is 13.2 Å². The Kier molecular flexibility index (Phi) is 5.25. The van der Waals surface area contributed by atoms with Crippen molar-refractivity contribution in [3.63, 3.8) is 0 Å². The van der Waals surface area contributed by atoms with Gasteiger partial charge in [0.15, 0.2) is 0 Å². The third-order valence-corrected chi connectivity index (χ3v) is 3.99. The summed E-state index contributed by atoms with van der Waals surface area (Å²) < 4.78 is 36.3. The smallest absolute Gasteiger partial charge is 0.271 e. The topological polar surface area (TPSA) is 38.0 Å². The maximum absolute atomic E-state index is 12.1. The number of nitrogens with two attached hydrogens (primary N) is 1. The third-order valence-electron chi connectivity index (χ3n) is 3.99. The first-order chi connectivity index (χ1) is 7.87. The Balaban J connectivity index is 2.41. The molecule has 0 radical (unpaired) electrons. The third kappa shape index (κ3) is 4.84. The Hall–Kier alpha value is -0.290. The van der Waals surface area contributed by atoms with Gasteiger partial charge in [0.2, 0.25) is 0 Å². The minimum absolute atomic E-state index is 0.00477. The molecule has 0 aromatic carbocycles. The monoisotopic (exact) mass is 252 g/mol. The molecule has 1 rings (SSSR count). The van der Waals surface area contributed by atoms with E-state index in [0.717, 1.165) is 25.7 Å². The second-order valence-corrected chi connectivity index (χ2v) is 5.44. The fourth-order valence-electron chi connectivity index (χ4n) is 2.85. The van der Waals surface area contributed by atoms with Crippen LogP contribution >= 0.6 is 0 Å². The molecule has 1 saturated carbocycles. The molecule has 2 nitrogen and oxygen atoms in total. The molecule has 17 heavy (non-hydrogen) atoms. The molecule has 1 unspecified atom stereocenters. The van der Waals surface area contributed by atoms with Gasteiger partial charge in [0.05, 0.1) is 0 Å². The number of hydrogen-bond acceptors (Lipinski definition) is 2. The van der Waals surface area contributed by atoms with Crippen molar-refractivity contribution < 1.29 is 13.2 Å². The van der Waals surface area contributed by atoms with Crippen LogP contribution in [0.2, 0.25) is 0 Å². The molecule has 0 aliphatic heterocycles. The van der Waals surface area contributed by atoms with Crippen LogP contribution in [0.15, 0.2) is 0 Å². The van der Waals surface area contributed by atoms with Crippen molar-refractivity contribution in [3.05, 3.63) is 0 Å². The molecule has 1 atom stereocenters. The quantitative estimate of drug-likeness (QED) is 0.580. The van der Waals surface area contributed by atoms with Gasteiger partial charge in [-0.3, -0.25) is 11.3 Å². The lowest BCUT2D eigenvalue weighted by Gasteiger charge is -2.40. The lowest BCUT2D eigenvalue weighted by atomic mass is 9.69. The molecule has 0 saturated heterocycles. The number of hydrogen-bond donors (Lipinski definition) is 2. The lowest BCUT2D eigenvalue weighted by molar-refractivity contribution is -0.136. The second kappa shape index (κ2) is 6.05. The van der Waals surface area contributed by atoms with Gasteiger partial charge in [-0.1, -0.05) is 26.2 Å². The number of rotatable bonds is 5. The van der Waals surface area contributed by atoms with Crippen molar-refractivity contribution in [2.45, 2.75) is 70.5 Å². The first kappa shape index (κ1) is 14.8. The summed E-state index contributed by atoms with van der Waals surface area (Å²) in [6, 6.07) is 0.00477. The second-order valence-electron chi connectivity index (χ2n) is 5.44. The summed E-state index contributed by atoms with van der Waals surface area (Å²) in [5.41, 5.74) is 2.80. The highest BCUT2D eigenvalue weighted by Gasteiger charge is 2.35. The Morgan fingerprint density at radius 3 is 2.29 bits per heavy atom. The van der Waals surface area contributed by atoms with Gasteiger partial charge in [-0.25, -0.2) is 0 Å². The number of hydrazine groups is 1. The zero-order valence-electron chi connectivity index (χ0n) is 10.4. The highest BCUT2D eigenvalue weighted by molar-refractivity contribution is 4.88. The van der Waals surface area contributed by atoms with Crippen LogP contribution in [0, 0.1) is 5.41 Å². The van der Waals surface area contributed by atoms with Crippen molar-refractivity contribution in [1.82, 2.24) is 5.43 Å². The summed E-state index contributed by atoms with van der Waals surface area (Å²) in [6.45, 7) is 2.14. The lowest BCUT2D eigenvalue weighted by Crippen LogP contribution is -2.48. The zero-order valence-corrected chi connectivity index (χ0v) is 10.4. The van der Waals surface area contributed by atoms with Crippen LogP contribution in [0.4, 0.5) is 13.2 Å². The number of alkyl halides is 3. The van der Waals surface area contributed by atoms with Crippen LogP contribution in [0.5, 0.6) is 0 Å². The van der Waals surface area contributed by atoms with E-state index in [4.69, 9.17) is 5.84 Å². The van der Waals surface area contributed by atoms with Gasteiger partial charge in [0, 0.05) is 12.5 Å². The van der Waals surface area contributed by atoms with E-state index >= 15 is 0 Å². The van der Waals surface area contributed by atoms with Crippen molar-refractivity contribution in [1.29, 1.82) is 0 Å². The van der Waals surface area contributed by atoms with Crippen LogP contribution in [-0.4, -0.2) is 12.2 Å². The minimum Gasteiger partial charge on any atom is -0.271 e. The van der Waals surface area contributed by atoms with Crippen molar-refractivity contribution in [2.75, 3.05) is 0 Å². The van der Waals surface area contributed by atoms with Crippen LogP contribution in [0.3, 0.4) is 0 Å². The van der Waals surface area contributed by atoms with Crippen molar-refractivity contribution in [2.24, 2.45) is 11.3 Å². The molecular formula is C12H23F3N2. The summed E-state index contributed by atoms with van der Waals surface area (Å²) in [5, 5.41) is 0. The predicted molar refractivity (Wildman–Crippen MR) is 62.2 cm³/mol. The molecule has 0 aromatic rings. The standard InChI is InChI=1S/C12H23F3N2/c1-11(7-3-2-4-8-11)10(17-16)6-5-9-12(13,14)15/h10,17H,2-9,16H2,1H3. The van der Waals surface area contributed by atoms with Gasteiger partial charge in [-0.05, 0) is 31.1 Å². The van der Waals surface area contributed by atoms with Crippen LogP contribution in [-0.2, 0) is 0 Å². The Morgan fingerprint density at radius 2 is 1.82 bits per heavy atom. The summed E-state index contributed by atoms with van der Waals surface area (Å²) in [6.07, 6.45) is 1.59. The first-order valence-corrected chi connectivity index (χ1v) is 6.40. The highest BCUT2D eigenvalue weighted by atomic mass is 19.4. The Labute approximate surface area is 101 Å². The summed E-state index contributed by atoms with van der Waals surface area (Å²) >= 11 is 0. The largest absolute Gasteiger partial charge is 0.389 e. The Morgan fingerprint density at radius 1 is 1.24 bits per heavy atom. The van der Waals surface area contributed by atoms with E-state index in [1.807, 2.05) is 0 Å². The van der Waals surface area contributed by atoms with E-state index in [2.05, 4.69) is 12.3 Å². The molecule has 3 N–H and O–H groups in total. The minimum atomic E-state index is -4.05. The number of nitrogens with one attached hydrogen (secondary N) is 1. The van der Waals surface area contributed by atoms with E-state index < -0.39 is 12.6 Å². The molecule has 102 valence electrons. The van der Waals surface area contributed by atoms with Crippen molar-refractivity contribution >= 4 is 0 Å². The average molecular weight is 252 g/mol. The average Bonchev–Trinajstić information content (AvgIpc) is 2.23. The van der Waals surface area contributed by atoms with Gasteiger partial charge in [0.25, 0.3) is 0 Å². The maximum atomic E-state index is 12.1. The molecule has 5 heteroatoms. The van der Waals surface area contributed by atoms with E-state index in [-0.39, 0.29) is 17.9 Å². The van der Waals surface area contributed by atoms with Crippen LogP contribution in [0.1, 0.15) is 58.3 Å². The van der Waals surface area contributed by atoms with Gasteiger partial charge in [0.1, 0.15) is 0 Å². The van der Waals surface area contributed by atoms with Gasteiger partial charge >= 0.3 is 6.18 Å². The highest BCUT2D eigenvalue weighted by Crippen LogP contribution is 2.40. The van der Waals surface area contributed by atoms with E-state index in [1.54, 1.807) is 0 Å². The maximum Gasteiger partial charge on any atom is 0.389 e. The van der Waals surface area contributed by atoms with E-state index in [9.17, 15) is 13.2 Å². The molecule has 0 heterocycles. The van der Waals surface area contributed by atoms with E-state index in [1.165, 1.54) is 6.42 Å².